The number of hydrogen-bond acceptors (Lipinski definition) is 2. The number of carboxylic acids is 1. The maximum absolute atomic E-state index is 12.1. The van der Waals surface area contributed by atoms with E-state index in [1.807, 2.05) is 30.3 Å². The SMILES string of the molecule is C=CCN(CC(=O)O)C(=O)N(C)Cc1ccccc1. The second-order valence-corrected chi connectivity index (χ2v) is 4.19. The summed E-state index contributed by atoms with van der Waals surface area (Å²) in [6, 6.07) is 9.20. The number of benzene rings is 1. The van der Waals surface area contributed by atoms with Crippen molar-refractivity contribution in [2.24, 2.45) is 0 Å². The number of aliphatic carboxylic acids is 1. The Morgan fingerprint density at radius 3 is 2.47 bits per heavy atom. The second kappa shape index (κ2) is 7.20. The van der Waals surface area contributed by atoms with E-state index in [1.54, 1.807) is 7.05 Å². The first-order chi connectivity index (χ1) is 9.04. The summed E-state index contributed by atoms with van der Waals surface area (Å²) in [5.74, 6) is -1.04. The summed E-state index contributed by atoms with van der Waals surface area (Å²) in [6.07, 6.45) is 1.51. The molecule has 102 valence electrons. The molecule has 1 aromatic carbocycles. The van der Waals surface area contributed by atoms with Crippen LogP contribution >= 0.6 is 0 Å². The first-order valence-corrected chi connectivity index (χ1v) is 5.91. The molecule has 0 radical (unpaired) electrons. The molecular formula is C14H18N2O3. The van der Waals surface area contributed by atoms with Crippen molar-refractivity contribution in [1.29, 1.82) is 0 Å². The molecule has 1 N–H and O–H groups in total. The maximum Gasteiger partial charge on any atom is 0.323 e. The number of carbonyl (C=O) groups excluding carboxylic acids is 1. The Hall–Kier alpha value is -2.30. The fourth-order valence-corrected chi connectivity index (χ4v) is 1.70. The monoisotopic (exact) mass is 262 g/mol. The van der Waals surface area contributed by atoms with Gasteiger partial charge in [0.25, 0.3) is 0 Å². The first kappa shape index (κ1) is 14.8. The number of carboxylic acid groups (broad SMARTS) is 1. The Kier molecular flexibility index (Phi) is 5.60. The van der Waals surface area contributed by atoms with Gasteiger partial charge in [0.2, 0.25) is 0 Å². The van der Waals surface area contributed by atoms with Crippen LogP contribution in [-0.2, 0) is 11.3 Å². The molecule has 1 aromatic rings. The van der Waals surface area contributed by atoms with Crippen molar-refractivity contribution in [1.82, 2.24) is 9.80 Å². The number of rotatable bonds is 6. The largest absolute Gasteiger partial charge is 0.480 e. The van der Waals surface area contributed by atoms with Gasteiger partial charge in [0.05, 0.1) is 0 Å². The molecular weight excluding hydrogens is 244 g/mol. The zero-order valence-electron chi connectivity index (χ0n) is 11.0. The van der Waals surface area contributed by atoms with Crippen molar-refractivity contribution in [3.8, 4) is 0 Å². The summed E-state index contributed by atoms with van der Waals surface area (Å²) in [5, 5.41) is 8.78. The molecule has 19 heavy (non-hydrogen) atoms. The standard InChI is InChI=1S/C14H18N2O3/c1-3-9-16(11-13(17)18)14(19)15(2)10-12-7-5-4-6-8-12/h3-8H,1,9-11H2,2H3,(H,17,18). The fraction of sp³-hybridized carbons (Fsp3) is 0.286. The van der Waals surface area contributed by atoms with Gasteiger partial charge in [-0.05, 0) is 5.56 Å². The Labute approximate surface area is 112 Å². The van der Waals surface area contributed by atoms with Gasteiger partial charge in [0, 0.05) is 20.1 Å². The molecule has 0 saturated carbocycles. The first-order valence-electron chi connectivity index (χ1n) is 5.91. The van der Waals surface area contributed by atoms with Crippen molar-refractivity contribution in [3.63, 3.8) is 0 Å². The van der Waals surface area contributed by atoms with Crippen LogP contribution < -0.4 is 0 Å². The van der Waals surface area contributed by atoms with Crippen molar-refractivity contribution >= 4 is 12.0 Å². The van der Waals surface area contributed by atoms with Crippen LogP contribution in [0.4, 0.5) is 4.79 Å². The van der Waals surface area contributed by atoms with Crippen LogP contribution in [0.2, 0.25) is 0 Å². The minimum Gasteiger partial charge on any atom is -0.480 e. The van der Waals surface area contributed by atoms with Crippen molar-refractivity contribution in [2.45, 2.75) is 6.54 Å². The third kappa shape index (κ3) is 4.83. The number of hydrogen-bond donors (Lipinski definition) is 1. The highest BCUT2D eigenvalue weighted by molar-refractivity contribution is 5.80. The lowest BCUT2D eigenvalue weighted by Gasteiger charge is -2.26. The molecule has 5 nitrogen and oxygen atoms in total. The Morgan fingerprint density at radius 2 is 1.95 bits per heavy atom. The van der Waals surface area contributed by atoms with E-state index in [2.05, 4.69) is 6.58 Å². The predicted octanol–water partition coefficient (Wildman–Crippen LogP) is 1.81. The lowest BCUT2D eigenvalue weighted by Crippen LogP contribution is -2.43. The van der Waals surface area contributed by atoms with Crippen LogP contribution in [0.1, 0.15) is 5.56 Å². The molecule has 2 amide bonds. The third-order valence-corrected chi connectivity index (χ3v) is 2.54. The summed E-state index contributed by atoms with van der Waals surface area (Å²) >= 11 is 0. The Morgan fingerprint density at radius 1 is 1.32 bits per heavy atom. The molecule has 0 spiro atoms. The summed E-state index contributed by atoms with van der Waals surface area (Å²) in [7, 11) is 1.65. The molecule has 5 heteroatoms. The highest BCUT2D eigenvalue weighted by atomic mass is 16.4. The van der Waals surface area contributed by atoms with E-state index in [-0.39, 0.29) is 19.1 Å². The van der Waals surface area contributed by atoms with Crippen molar-refractivity contribution < 1.29 is 14.7 Å². The number of nitrogens with zero attached hydrogens (tertiary/aromatic N) is 2. The van der Waals surface area contributed by atoms with Crippen LogP contribution in [0.3, 0.4) is 0 Å². The number of urea groups is 1. The molecule has 0 aromatic heterocycles. The van der Waals surface area contributed by atoms with Crippen LogP contribution in [-0.4, -0.2) is 47.0 Å². The fourth-order valence-electron chi connectivity index (χ4n) is 1.70. The Balaban J connectivity index is 2.67. The molecule has 0 aliphatic carbocycles. The van der Waals surface area contributed by atoms with E-state index in [4.69, 9.17) is 5.11 Å². The van der Waals surface area contributed by atoms with Crippen molar-refractivity contribution in [3.05, 3.63) is 48.6 Å². The molecule has 0 fully saturated rings. The van der Waals surface area contributed by atoms with Crippen LogP contribution in [0.15, 0.2) is 43.0 Å². The zero-order chi connectivity index (χ0) is 14.3. The highest BCUT2D eigenvalue weighted by Crippen LogP contribution is 2.05. The maximum atomic E-state index is 12.1. The van der Waals surface area contributed by atoms with E-state index in [0.29, 0.717) is 6.54 Å². The van der Waals surface area contributed by atoms with Gasteiger partial charge in [-0.25, -0.2) is 4.79 Å². The molecule has 0 atom stereocenters. The lowest BCUT2D eigenvalue weighted by molar-refractivity contribution is -0.137. The van der Waals surface area contributed by atoms with E-state index < -0.39 is 5.97 Å². The molecule has 0 unspecified atom stereocenters. The molecule has 0 heterocycles. The van der Waals surface area contributed by atoms with Gasteiger partial charge in [0.15, 0.2) is 0 Å². The average molecular weight is 262 g/mol. The zero-order valence-corrected chi connectivity index (χ0v) is 11.0. The van der Waals surface area contributed by atoms with E-state index in [1.165, 1.54) is 15.9 Å². The number of amides is 2. The molecule has 0 aliphatic rings. The van der Waals surface area contributed by atoms with Crippen LogP contribution in [0, 0.1) is 0 Å². The third-order valence-electron chi connectivity index (χ3n) is 2.54. The minimum atomic E-state index is -1.04. The molecule has 0 aliphatic heterocycles. The van der Waals surface area contributed by atoms with Gasteiger partial charge >= 0.3 is 12.0 Å². The van der Waals surface area contributed by atoms with E-state index in [0.717, 1.165) is 5.56 Å². The van der Waals surface area contributed by atoms with Gasteiger partial charge in [-0.3, -0.25) is 4.79 Å². The number of carbonyl (C=O) groups is 2. The quantitative estimate of drug-likeness (QED) is 0.795. The Bertz CT molecular complexity index is 445. The molecule has 0 saturated heterocycles. The minimum absolute atomic E-state index is 0.213. The van der Waals surface area contributed by atoms with Gasteiger partial charge < -0.3 is 14.9 Å². The molecule has 0 bridgehead atoms. The smallest absolute Gasteiger partial charge is 0.323 e. The van der Waals surface area contributed by atoms with Gasteiger partial charge in [-0.1, -0.05) is 36.4 Å². The lowest BCUT2D eigenvalue weighted by atomic mass is 10.2. The predicted molar refractivity (Wildman–Crippen MR) is 72.7 cm³/mol. The van der Waals surface area contributed by atoms with Crippen LogP contribution in [0.25, 0.3) is 0 Å². The van der Waals surface area contributed by atoms with Gasteiger partial charge in [0.1, 0.15) is 6.54 Å². The van der Waals surface area contributed by atoms with Gasteiger partial charge in [-0.2, -0.15) is 0 Å². The summed E-state index contributed by atoms with van der Waals surface area (Å²) in [4.78, 5) is 25.6. The highest BCUT2D eigenvalue weighted by Gasteiger charge is 2.19. The summed E-state index contributed by atoms with van der Waals surface area (Å²) in [5.41, 5.74) is 0.993. The van der Waals surface area contributed by atoms with Gasteiger partial charge in [-0.15, -0.1) is 6.58 Å². The normalized spacial score (nSPS) is 9.74. The van der Waals surface area contributed by atoms with E-state index in [9.17, 15) is 9.59 Å². The summed E-state index contributed by atoms with van der Waals surface area (Å²) < 4.78 is 0. The van der Waals surface area contributed by atoms with E-state index >= 15 is 0 Å². The summed E-state index contributed by atoms with van der Waals surface area (Å²) in [6.45, 7) is 3.85. The second-order valence-electron chi connectivity index (χ2n) is 4.19. The van der Waals surface area contributed by atoms with Crippen molar-refractivity contribution in [2.75, 3.05) is 20.1 Å². The molecule has 1 rings (SSSR count). The average Bonchev–Trinajstić information content (AvgIpc) is 2.38. The topological polar surface area (TPSA) is 60.9 Å². The van der Waals surface area contributed by atoms with Crippen LogP contribution in [0.5, 0.6) is 0 Å².